The number of methoxy groups -OCH3 is 1. The Kier molecular flexibility index (Phi) is 5.64. The second-order valence-electron chi connectivity index (χ2n) is 10.2. The van der Waals surface area contributed by atoms with Crippen LogP contribution in [0.15, 0.2) is 47.6 Å². The number of hydrogen-bond donors (Lipinski definition) is 0. The number of benzene rings is 2. The molecule has 10 heteroatoms. The molecule has 1 atom stereocenters. The maximum Gasteiger partial charge on any atom is 0.514 e. The molecule has 4 saturated carbocycles. The van der Waals surface area contributed by atoms with Crippen LogP contribution in [0.25, 0.3) is 10.4 Å². The average Bonchev–Trinajstić information content (AvgIpc) is 2.85. The lowest BCUT2D eigenvalue weighted by Crippen LogP contribution is -2.76. The van der Waals surface area contributed by atoms with E-state index in [-0.39, 0.29) is 12.4 Å². The standard InChI is InChI=1S/C26H26FN3O6/c1-32-26(25(35-36-26)19-9-16-8-17(11-19)12-20(25)10-16)18-4-7-22(27)23(13-18)34-24(31)33-14-15-2-5-21(6-3-15)29-30-28/h2-7,13,16-17,19-20H,8-12,14H2,1H3. The maximum absolute atomic E-state index is 14.7. The first-order chi connectivity index (χ1) is 17.5. The van der Waals surface area contributed by atoms with Gasteiger partial charge in [-0.25, -0.2) is 14.1 Å². The van der Waals surface area contributed by atoms with Crippen LogP contribution in [0.3, 0.4) is 0 Å². The van der Waals surface area contributed by atoms with E-state index in [9.17, 15) is 9.18 Å². The van der Waals surface area contributed by atoms with Gasteiger partial charge in [-0.05, 0) is 79.0 Å². The molecule has 2 aromatic carbocycles. The zero-order valence-electron chi connectivity index (χ0n) is 19.8. The zero-order chi connectivity index (χ0) is 24.9. The molecule has 5 fully saturated rings. The number of carbonyl (C=O) groups excluding carboxylic acids is 1. The van der Waals surface area contributed by atoms with Gasteiger partial charge >= 0.3 is 6.16 Å². The summed E-state index contributed by atoms with van der Waals surface area (Å²) in [6.07, 6.45) is 4.53. The van der Waals surface area contributed by atoms with Crippen molar-refractivity contribution in [3.63, 3.8) is 0 Å². The van der Waals surface area contributed by atoms with E-state index >= 15 is 0 Å². The Morgan fingerprint density at radius 1 is 1.08 bits per heavy atom. The number of halogens is 1. The van der Waals surface area contributed by atoms with Gasteiger partial charge in [-0.1, -0.05) is 35.4 Å². The molecule has 0 amide bonds. The quantitative estimate of drug-likeness (QED) is 0.114. The normalized spacial score (nSPS) is 33.6. The van der Waals surface area contributed by atoms with Crippen molar-refractivity contribution in [3.05, 3.63) is 69.9 Å². The highest BCUT2D eigenvalue weighted by Crippen LogP contribution is 2.69. The topological polar surface area (TPSA) is 112 Å². The molecule has 188 valence electrons. The molecule has 1 aliphatic heterocycles. The van der Waals surface area contributed by atoms with Crippen LogP contribution in [0.2, 0.25) is 0 Å². The fourth-order valence-corrected chi connectivity index (χ4v) is 7.11. The van der Waals surface area contributed by atoms with Gasteiger partial charge in [0.1, 0.15) is 6.61 Å². The largest absolute Gasteiger partial charge is 0.514 e. The van der Waals surface area contributed by atoms with E-state index in [0.717, 1.165) is 25.7 Å². The Hall–Kier alpha value is -3.17. The summed E-state index contributed by atoms with van der Waals surface area (Å²) in [6, 6.07) is 10.8. The zero-order valence-corrected chi connectivity index (χ0v) is 19.8. The highest BCUT2D eigenvalue weighted by Gasteiger charge is 2.76. The summed E-state index contributed by atoms with van der Waals surface area (Å²) in [7, 11) is 1.57. The average molecular weight is 496 g/mol. The van der Waals surface area contributed by atoms with E-state index in [1.807, 2.05) is 0 Å². The van der Waals surface area contributed by atoms with Crippen molar-refractivity contribution in [2.24, 2.45) is 28.8 Å². The number of rotatable bonds is 6. The van der Waals surface area contributed by atoms with Crippen molar-refractivity contribution < 1.29 is 33.2 Å². The van der Waals surface area contributed by atoms with E-state index in [1.165, 1.54) is 18.6 Å². The van der Waals surface area contributed by atoms with Crippen LogP contribution in [0.5, 0.6) is 5.75 Å². The molecule has 0 radical (unpaired) electrons. The molecular weight excluding hydrogens is 469 g/mol. The fraction of sp³-hybridized carbons (Fsp3) is 0.500. The van der Waals surface area contributed by atoms with E-state index in [2.05, 4.69) is 10.0 Å². The van der Waals surface area contributed by atoms with Gasteiger partial charge < -0.3 is 14.2 Å². The second kappa shape index (κ2) is 8.74. The summed E-state index contributed by atoms with van der Waals surface area (Å²) in [5.74, 6) is -0.150. The fourth-order valence-electron chi connectivity index (χ4n) is 7.11. The molecule has 7 rings (SSSR count). The van der Waals surface area contributed by atoms with Gasteiger partial charge in [0.25, 0.3) is 5.79 Å². The summed E-state index contributed by atoms with van der Waals surface area (Å²) in [5, 5.41) is 3.49. The van der Waals surface area contributed by atoms with Crippen LogP contribution in [0.1, 0.15) is 43.2 Å². The van der Waals surface area contributed by atoms with Crippen LogP contribution in [0.4, 0.5) is 14.9 Å². The van der Waals surface area contributed by atoms with Crippen molar-refractivity contribution in [3.8, 4) is 5.75 Å². The van der Waals surface area contributed by atoms with E-state index in [4.69, 9.17) is 29.5 Å². The first kappa shape index (κ1) is 23.2. The van der Waals surface area contributed by atoms with Crippen molar-refractivity contribution >= 4 is 11.8 Å². The second-order valence-corrected chi connectivity index (χ2v) is 10.2. The van der Waals surface area contributed by atoms with E-state index in [0.29, 0.717) is 40.5 Å². The molecule has 1 unspecified atom stereocenters. The van der Waals surface area contributed by atoms with Gasteiger partial charge in [-0.15, -0.1) is 0 Å². The maximum atomic E-state index is 14.7. The molecule has 1 heterocycles. The summed E-state index contributed by atoms with van der Waals surface area (Å²) in [4.78, 5) is 26.7. The van der Waals surface area contributed by atoms with Crippen LogP contribution < -0.4 is 4.74 Å². The molecule has 0 aromatic heterocycles. The predicted molar refractivity (Wildman–Crippen MR) is 123 cm³/mol. The minimum Gasteiger partial charge on any atom is -0.429 e. The lowest BCUT2D eigenvalue weighted by atomic mass is 9.47. The minimum absolute atomic E-state index is 0.0928. The van der Waals surface area contributed by atoms with Gasteiger partial charge in [-0.2, -0.15) is 4.89 Å². The summed E-state index contributed by atoms with van der Waals surface area (Å²) in [6.45, 7) is -0.0928. The van der Waals surface area contributed by atoms with Crippen molar-refractivity contribution in [1.82, 2.24) is 0 Å². The van der Waals surface area contributed by atoms with E-state index < -0.39 is 23.4 Å². The Labute approximate surface area is 207 Å². The van der Waals surface area contributed by atoms with Crippen molar-refractivity contribution in [2.75, 3.05) is 7.11 Å². The molecule has 1 spiro atoms. The Morgan fingerprint density at radius 3 is 2.36 bits per heavy atom. The monoisotopic (exact) mass is 495 g/mol. The number of ether oxygens (including phenoxy) is 3. The highest BCUT2D eigenvalue weighted by atomic mass is 19.1. The van der Waals surface area contributed by atoms with Crippen LogP contribution >= 0.6 is 0 Å². The predicted octanol–water partition coefficient (Wildman–Crippen LogP) is 6.44. The van der Waals surface area contributed by atoms with Gasteiger partial charge in [0.2, 0.25) is 0 Å². The van der Waals surface area contributed by atoms with Crippen LogP contribution in [-0.2, 0) is 31.6 Å². The lowest BCUT2D eigenvalue weighted by Gasteiger charge is -2.68. The van der Waals surface area contributed by atoms with Gasteiger partial charge in [-0.3, -0.25) is 0 Å². The molecule has 9 nitrogen and oxygen atoms in total. The van der Waals surface area contributed by atoms with Gasteiger partial charge in [0.15, 0.2) is 17.2 Å². The molecular formula is C26H26FN3O6. The third-order valence-electron chi connectivity index (χ3n) is 8.41. The molecule has 4 bridgehead atoms. The molecule has 2 aromatic rings. The minimum atomic E-state index is -1.20. The molecule has 0 N–H and O–H groups in total. The van der Waals surface area contributed by atoms with Gasteiger partial charge in [0.05, 0.1) is 0 Å². The molecule has 1 saturated heterocycles. The summed E-state index contributed by atoms with van der Waals surface area (Å²) < 4.78 is 31.0. The summed E-state index contributed by atoms with van der Waals surface area (Å²) in [5.41, 5.74) is 9.48. The molecule has 5 aliphatic rings. The third kappa shape index (κ3) is 3.48. The number of hydrogen-bond acceptors (Lipinski definition) is 7. The Bertz CT molecular complexity index is 1200. The molecule has 4 aliphatic carbocycles. The van der Waals surface area contributed by atoms with Crippen molar-refractivity contribution in [1.29, 1.82) is 0 Å². The molecule has 36 heavy (non-hydrogen) atoms. The first-order valence-corrected chi connectivity index (χ1v) is 12.2. The van der Waals surface area contributed by atoms with E-state index in [1.54, 1.807) is 37.4 Å². The number of azide groups is 1. The Balaban J connectivity index is 1.20. The van der Waals surface area contributed by atoms with Crippen LogP contribution in [-0.4, -0.2) is 18.9 Å². The number of carbonyl (C=O) groups is 1. The Morgan fingerprint density at radius 2 is 1.78 bits per heavy atom. The highest BCUT2D eigenvalue weighted by molar-refractivity contribution is 5.64. The third-order valence-corrected chi connectivity index (χ3v) is 8.41. The smallest absolute Gasteiger partial charge is 0.429 e. The van der Waals surface area contributed by atoms with Crippen LogP contribution in [0, 0.1) is 29.5 Å². The lowest BCUT2D eigenvalue weighted by molar-refractivity contribution is -0.645. The van der Waals surface area contributed by atoms with Crippen molar-refractivity contribution in [2.45, 2.75) is 50.1 Å². The number of nitrogens with zero attached hydrogens (tertiary/aromatic N) is 3. The van der Waals surface area contributed by atoms with Gasteiger partial charge in [0, 0.05) is 23.3 Å². The summed E-state index contributed by atoms with van der Waals surface area (Å²) >= 11 is 0. The first-order valence-electron chi connectivity index (χ1n) is 12.2. The SMILES string of the molecule is COC1(c2ccc(F)c(OC(=O)OCc3ccc(N=[N+]=[N-])cc3)c2)OOC12C1CC3CC(C1)CC2C3.